The van der Waals surface area contributed by atoms with Gasteiger partial charge in [0.05, 0.1) is 5.69 Å². The van der Waals surface area contributed by atoms with Crippen molar-refractivity contribution in [2.24, 2.45) is 5.41 Å². The van der Waals surface area contributed by atoms with Crippen LogP contribution < -0.4 is 5.32 Å². The molecule has 1 N–H and O–H groups in total. The van der Waals surface area contributed by atoms with E-state index in [4.69, 9.17) is 0 Å². The van der Waals surface area contributed by atoms with Crippen LogP contribution in [0.4, 0.5) is 5.13 Å². The fourth-order valence-electron chi connectivity index (χ4n) is 1.38. The topological polar surface area (TPSA) is 76.1 Å². The zero-order valence-corrected chi connectivity index (χ0v) is 12.6. The summed E-state index contributed by atoms with van der Waals surface area (Å²) in [6, 6.07) is 0. The average Bonchev–Trinajstić information content (AvgIpc) is 2.44. The molecule has 0 radical (unpaired) electrons. The molecule has 0 aliphatic rings. The Balaban J connectivity index is 2.62. The molecule has 1 aromatic rings. The van der Waals surface area contributed by atoms with Crippen molar-refractivity contribution < 1.29 is 13.2 Å². The van der Waals surface area contributed by atoms with Crippen molar-refractivity contribution in [1.29, 1.82) is 0 Å². The summed E-state index contributed by atoms with van der Waals surface area (Å²) in [5.41, 5.74) is 1.03. The molecule has 0 spiro atoms. The van der Waals surface area contributed by atoms with E-state index < -0.39 is 21.5 Å². The first-order valence-electron chi connectivity index (χ1n) is 5.47. The van der Waals surface area contributed by atoms with E-state index in [-0.39, 0.29) is 5.41 Å². The number of nitrogens with one attached hydrogen (secondary N) is 1. The second-order valence-corrected chi connectivity index (χ2v) is 8.50. The Labute approximate surface area is 112 Å². The molecule has 18 heavy (non-hydrogen) atoms. The standard InChI is InChI=1S/C11H18N2O3S2/c1-11(2,3)5-8-6-17-10(12-8)13-9(14)7-18(4,15)16/h6H,5,7H2,1-4H3,(H,12,13,14). The van der Waals surface area contributed by atoms with Gasteiger partial charge in [0, 0.05) is 11.6 Å². The first kappa shape index (κ1) is 15.1. The first-order valence-corrected chi connectivity index (χ1v) is 8.41. The van der Waals surface area contributed by atoms with E-state index >= 15 is 0 Å². The average molecular weight is 290 g/mol. The number of hydrogen-bond acceptors (Lipinski definition) is 5. The van der Waals surface area contributed by atoms with E-state index in [0.29, 0.717) is 5.13 Å². The normalized spacial score (nSPS) is 12.4. The fourth-order valence-corrected chi connectivity index (χ4v) is 2.66. The highest BCUT2D eigenvalue weighted by Gasteiger charge is 2.16. The summed E-state index contributed by atoms with van der Waals surface area (Å²) in [5.74, 6) is -1.06. The van der Waals surface area contributed by atoms with Gasteiger partial charge in [-0.3, -0.25) is 4.79 Å². The molecule has 7 heteroatoms. The number of anilines is 1. The van der Waals surface area contributed by atoms with Gasteiger partial charge in [0.25, 0.3) is 0 Å². The van der Waals surface area contributed by atoms with Gasteiger partial charge < -0.3 is 5.32 Å². The lowest BCUT2D eigenvalue weighted by Crippen LogP contribution is -2.21. The van der Waals surface area contributed by atoms with Crippen LogP contribution in [-0.2, 0) is 21.1 Å². The van der Waals surface area contributed by atoms with E-state index in [2.05, 4.69) is 31.1 Å². The minimum Gasteiger partial charge on any atom is -0.301 e. The maximum atomic E-state index is 11.4. The van der Waals surface area contributed by atoms with E-state index in [9.17, 15) is 13.2 Å². The van der Waals surface area contributed by atoms with Gasteiger partial charge in [0.15, 0.2) is 15.0 Å². The van der Waals surface area contributed by atoms with Crippen molar-refractivity contribution in [2.45, 2.75) is 27.2 Å². The predicted octanol–water partition coefficient (Wildman–Crippen LogP) is 1.71. The van der Waals surface area contributed by atoms with Crippen LogP contribution in [0.5, 0.6) is 0 Å². The first-order chi connectivity index (χ1) is 8.05. The minimum absolute atomic E-state index is 0.127. The zero-order valence-electron chi connectivity index (χ0n) is 11.0. The summed E-state index contributed by atoms with van der Waals surface area (Å²) in [4.78, 5) is 15.7. The van der Waals surface area contributed by atoms with Gasteiger partial charge in [-0.2, -0.15) is 0 Å². The Kier molecular flexibility index (Phi) is 4.50. The molecule has 0 saturated carbocycles. The van der Waals surface area contributed by atoms with Gasteiger partial charge in [-0.1, -0.05) is 20.8 Å². The van der Waals surface area contributed by atoms with Crippen molar-refractivity contribution in [2.75, 3.05) is 17.3 Å². The highest BCUT2D eigenvalue weighted by atomic mass is 32.2. The van der Waals surface area contributed by atoms with Gasteiger partial charge in [0.2, 0.25) is 5.91 Å². The highest BCUT2D eigenvalue weighted by molar-refractivity contribution is 7.91. The third kappa shape index (κ3) is 6.11. The molecule has 1 amide bonds. The fraction of sp³-hybridized carbons (Fsp3) is 0.636. The van der Waals surface area contributed by atoms with Gasteiger partial charge in [-0.15, -0.1) is 11.3 Å². The number of nitrogens with zero attached hydrogens (tertiary/aromatic N) is 1. The molecule has 0 bridgehead atoms. The molecule has 0 atom stereocenters. The Morgan fingerprint density at radius 1 is 1.44 bits per heavy atom. The quantitative estimate of drug-likeness (QED) is 0.916. The summed E-state index contributed by atoms with van der Waals surface area (Å²) in [5, 5.41) is 4.82. The number of amides is 1. The molecule has 0 saturated heterocycles. The zero-order chi connectivity index (χ0) is 14.0. The number of aromatic nitrogens is 1. The molecule has 1 aromatic heterocycles. The van der Waals surface area contributed by atoms with Crippen LogP contribution in [0.15, 0.2) is 5.38 Å². The van der Waals surface area contributed by atoms with Crippen molar-refractivity contribution in [3.05, 3.63) is 11.1 Å². The van der Waals surface area contributed by atoms with Crippen molar-refractivity contribution in [3.63, 3.8) is 0 Å². The summed E-state index contributed by atoms with van der Waals surface area (Å²) >= 11 is 1.31. The predicted molar refractivity (Wildman–Crippen MR) is 73.6 cm³/mol. The van der Waals surface area contributed by atoms with E-state index in [1.165, 1.54) is 11.3 Å². The Hall–Kier alpha value is -0.950. The maximum Gasteiger partial charge on any atom is 0.241 e. The number of rotatable bonds is 4. The Morgan fingerprint density at radius 2 is 2.06 bits per heavy atom. The SMILES string of the molecule is CC(C)(C)Cc1csc(NC(=O)CS(C)(=O)=O)n1. The van der Waals surface area contributed by atoms with Crippen LogP contribution in [0.1, 0.15) is 26.5 Å². The summed E-state index contributed by atoms with van der Waals surface area (Å²) < 4.78 is 21.9. The Morgan fingerprint density at radius 3 is 2.56 bits per heavy atom. The van der Waals surface area contributed by atoms with Crippen LogP contribution >= 0.6 is 11.3 Å². The molecule has 0 aliphatic heterocycles. The summed E-state index contributed by atoms with van der Waals surface area (Å²) in [6.07, 6.45) is 1.84. The summed E-state index contributed by atoms with van der Waals surface area (Å²) in [7, 11) is -3.30. The number of thiazole rings is 1. The Bertz CT molecular complexity index is 527. The molecule has 0 unspecified atom stereocenters. The van der Waals surface area contributed by atoms with Crippen LogP contribution in [0.3, 0.4) is 0 Å². The number of carbonyl (C=O) groups is 1. The molecule has 0 aromatic carbocycles. The third-order valence-electron chi connectivity index (χ3n) is 1.90. The van der Waals surface area contributed by atoms with Gasteiger partial charge in [-0.05, 0) is 11.8 Å². The van der Waals surface area contributed by atoms with E-state index in [1.807, 2.05) is 5.38 Å². The molecular weight excluding hydrogens is 272 g/mol. The van der Waals surface area contributed by atoms with Gasteiger partial charge in [0.1, 0.15) is 5.75 Å². The monoisotopic (exact) mass is 290 g/mol. The maximum absolute atomic E-state index is 11.4. The number of carbonyl (C=O) groups excluding carboxylic acids is 1. The molecule has 5 nitrogen and oxygen atoms in total. The molecule has 0 fully saturated rings. The smallest absolute Gasteiger partial charge is 0.241 e. The lowest BCUT2D eigenvalue weighted by molar-refractivity contribution is -0.113. The second-order valence-electron chi connectivity index (χ2n) is 5.50. The lowest BCUT2D eigenvalue weighted by Gasteiger charge is -2.15. The minimum atomic E-state index is -3.30. The number of hydrogen-bond donors (Lipinski definition) is 1. The molecule has 102 valence electrons. The van der Waals surface area contributed by atoms with E-state index in [0.717, 1.165) is 18.4 Å². The van der Waals surface area contributed by atoms with Gasteiger partial charge >= 0.3 is 0 Å². The molecule has 0 aliphatic carbocycles. The van der Waals surface area contributed by atoms with Gasteiger partial charge in [-0.25, -0.2) is 13.4 Å². The largest absolute Gasteiger partial charge is 0.301 e. The highest BCUT2D eigenvalue weighted by Crippen LogP contribution is 2.23. The summed E-state index contributed by atoms with van der Waals surface area (Å²) in [6.45, 7) is 6.32. The van der Waals surface area contributed by atoms with Crippen molar-refractivity contribution >= 4 is 32.2 Å². The van der Waals surface area contributed by atoms with Crippen LogP contribution in [-0.4, -0.2) is 31.3 Å². The van der Waals surface area contributed by atoms with Crippen LogP contribution in [0.25, 0.3) is 0 Å². The van der Waals surface area contributed by atoms with Crippen LogP contribution in [0.2, 0.25) is 0 Å². The lowest BCUT2D eigenvalue weighted by atomic mass is 9.91. The molecule has 1 heterocycles. The van der Waals surface area contributed by atoms with Crippen LogP contribution in [0, 0.1) is 5.41 Å². The molecular formula is C11H18N2O3S2. The van der Waals surface area contributed by atoms with Crippen molar-refractivity contribution in [1.82, 2.24) is 4.98 Å². The second kappa shape index (κ2) is 5.36. The van der Waals surface area contributed by atoms with E-state index in [1.54, 1.807) is 0 Å². The van der Waals surface area contributed by atoms with Crippen molar-refractivity contribution in [3.8, 4) is 0 Å². The number of sulfone groups is 1. The third-order valence-corrected chi connectivity index (χ3v) is 3.50. The molecule has 1 rings (SSSR count).